The van der Waals surface area contributed by atoms with Gasteiger partial charge >= 0.3 is 12.1 Å². The van der Waals surface area contributed by atoms with Gasteiger partial charge in [0, 0.05) is 43.0 Å². The average Bonchev–Trinajstić information content (AvgIpc) is 3.51. The number of nitrogens with one attached hydrogen (secondary N) is 1. The molecular formula is C24H25ClF3N7O2S. The number of allylic oxidation sites excluding steroid dienone is 1. The first kappa shape index (κ1) is 28.0. The highest BCUT2D eigenvalue weighted by Gasteiger charge is 2.38. The second kappa shape index (κ2) is 12.2. The van der Waals surface area contributed by atoms with E-state index in [1.807, 2.05) is 6.07 Å². The number of hydrogen-bond acceptors (Lipinski definition) is 9. The van der Waals surface area contributed by atoms with Gasteiger partial charge in [0.05, 0.1) is 16.3 Å². The first-order valence-corrected chi connectivity index (χ1v) is 13.1. The molecule has 0 saturated carbocycles. The molecule has 3 aromatic rings. The molecule has 2 aliphatic rings. The highest BCUT2D eigenvalue weighted by molar-refractivity contribution is 7.99. The predicted molar refractivity (Wildman–Crippen MR) is 138 cm³/mol. The lowest BCUT2D eigenvalue weighted by Gasteiger charge is -2.17. The van der Waals surface area contributed by atoms with Crippen molar-refractivity contribution in [2.24, 2.45) is 0 Å². The maximum absolute atomic E-state index is 10.6. The highest BCUT2D eigenvalue weighted by Crippen LogP contribution is 2.41. The van der Waals surface area contributed by atoms with Crippen LogP contribution in [-0.4, -0.2) is 73.3 Å². The summed E-state index contributed by atoms with van der Waals surface area (Å²) in [4.78, 5) is 35.0. The summed E-state index contributed by atoms with van der Waals surface area (Å²) in [6, 6.07) is 1.97. The first-order valence-electron chi connectivity index (χ1n) is 12.0. The first-order chi connectivity index (χ1) is 18.2. The van der Waals surface area contributed by atoms with Gasteiger partial charge in [0.25, 0.3) is 0 Å². The number of carboxylic acid groups (broad SMARTS) is 1. The van der Waals surface area contributed by atoms with Crippen LogP contribution in [0.2, 0.25) is 0 Å². The summed E-state index contributed by atoms with van der Waals surface area (Å²) < 4.78 is 31.7. The fourth-order valence-electron chi connectivity index (χ4n) is 4.09. The molecule has 0 atom stereocenters. The molecule has 4 heterocycles. The molecule has 0 aromatic carbocycles. The van der Waals surface area contributed by atoms with Gasteiger partial charge < -0.3 is 15.3 Å². The van der Waals surface area contributed by atoms with E-state index in [9.17, 15) is 13.2 Å². The Morgan fingerprint density at radius 1 is 1.18 bits per heavy atom. The van der Waals surface area contributed by atoms with Crippen molar-refractivity contribution in [1.29, 1.82) is 0 Å². The smallest absolute Gasteiger partial charge is 0.475 e. The topological polar surface area (TPSA) is 117 Å². The fourth-order valence-corrected chi connectivity index (χ4v) is 5.27. The van der Waals surface area contributed by atoms with Crippen LogP contribution >= 0.6 is 23.4 Å². The summed E-state index contributed by atoms with van der Waals surface area (Å²) in [5.74, 6) is -1.93. The summed E-state index contributed by atoms with van der Waals surface area (Å²) in [5.41, 5.74) is 4.58. The third-order valence-corrected chi connectivity index (χ3v) is 7.25. The van der Waals surface area contributed by atoms with E-state index < -0.39 is 12.1 Å². The molecule has 14 heteroatoms. The van der Waals surface area contributed by atoms with Crippen LogP contribution in [0.4, 0.5) is 19.0 Å². The maximum atomic E-state index is 10.6. The van der Waals surface area contributed by atoms with E-state index in [1.54, 1.807) is 18.6 Å². The third-order valence-electron chi connectivity index (χ3n) is 5.97. The van der Waals surface area contributed by atoms with Gasteiger partial charge in [-0.25, -0.2) is 24.7 Å². The van der Waals surface area contributed by atoms with Crippen LogP contribution in [0.25, 0.3) is 16.2 Å². The third kappa shape index (κ3) is 6.88. The van der Waals surface area contributed by atoms with Crippen molar-refractivity contribution >= 4 is 51.3 Å². The van der Waals surface area contributed by atoms with Crippen LogP contribution in [0.1, 0.15) is 37.4 Å². The SMILES string of the molecule is CCC1=C(Cl)c2c(nc(Sc3cnc4nccnc4c3)nc2NCCN2CCCC2)C1.O=C(O)C(F)(F)F. The van der Waals surface area contributed by atoms with Gasteiger partial charge in [-0.2, -0.15) is 13.2 Å². The Balaban J connectivity index is 0.000000426. The molecular weight excluding hydrogens is 543 g/mol. The lowest BCUT2D eigenvalue weighted by molar-refractivity contribution is -0.192. The lowest BCUT2D eigenvalue weighted by atomic mass is 10.2. The number of carbonyl (C=O) groups is 1. The number of aromatic nitrogens is 5. The normalized spacial score (nSPS) is 15.4. The van der Waals surface area contributed by atoms with E-state index in [-0.39, 0.29) is 0 Å². The van der Waals surface area contributed by atoms with Crippen LogP contribution in [0.5, 0.6) is 0 Å². The molecule has 1 aliphatic carbocycles. The summed E-state index contributed by atoms with van der Waals surface area (Å²) in [6.45, 7) is 6.35. The van der Waals surface area contributed by atoms with Gasteiger partial charge in [-0.1, -0.05) is 18.5 Å². The number of fused-ring (bicyclic) bond motifs is 2. The van der Waals surface area contributed by atoms with Gasteiger partial charge in [-0.15, -0.1) is 0 Å². The second-order valence-corrected chi connectivity index (χ2v) is 9.99. The molecule has 202 valence electrons. The van der Waals surface area contributed by atoms with E-state index in [0.29, 0.717) is 10.8 Å². The Labute approximate surface area is 226 Å². The number of likely N-dealkylation sites (tertiary alicyclic amines) is 1. The van der Waals surface area contributed by atoms with Crippen molar-refractivity contribution < 1.29 is 23.1 Å². The molecule has 2 N–H and O–H groups in total. The summed E-state index contributed by atoms with van der Waals surface area (Å²) >= 11 is 8.20. The zero-order chi connectivity index (χ0) is 27.3. The Morgan fingerprint density at radius 2 is 1.89 bits per heavy atom. The Bertz CT molecular complexity index is 1350. The molecule has 0 unspecified atom stereocenters. The van der Waals surface area contributed by atoms with E-state index in [0.717, 1.165) is 58.5 Å². The quantitative estimate of drug-likeness (QED) is 0.377. The van der Waals surface area contributed by atoms with Crippen LogP contribution in [0.15, 0.2) is 40.3 Å². The van der Waals surface area contributed by atoms with Crippen LogP contribution < -0.4 is 5.32 Å². The highest BCUT2D eigenvalue weighted by atomic mass is 35.5. The molecule has 1 fully saturated rings. The number of pyridine rings is 1. The van der Waals surface area contributed by atoms with Crippen LogP contribution in [0.3, 0.4) is 0 Å². The number of anilines is 1. The molecule has 0 bridgehead atoms. The number of alkyl halides is 3. The summed E-state index contributed by atoms with van der Waals surface area (Å²) in [6.07, 6.45) is 4.31. The zero-order valence-electron chi connectivity index (χ0n) is 20.4. The standard InChI is InChI=1S/C22H24ClN7S.C2HF3O2/c1-2-14-11-16-18(19(14)23)21(26-7-10-30-8-3-4-9-30)29-22(28-16)31-15-12-17-20(27-13-15)25-6-5-24-17;3-2(4,5)1(6)7/h5-6,12-13H,2-4,7-11H2,1H3,(H,26,28,29);(H,6,7). The number of aliphatic carboxylic acids is 1. The molecule has 0 spiro atoms. The number of halogens is 4. The van der Waals surface area contributed by atoms with Crippen molar-refractivity contribution in [1.82, 2.24) is 29.8 Å². The van der Waals surface area contributed by atoms with E-state index in [1.165, 1.54) is 43.3 Å². The Hall–Kier alpha value is -3.03. The lowest BCUT2D eigenvalue weighted by Crippen LogP contribution is -2.26. The number of carboxylic acids is 1. The molecule has 1 saturated heterocycles. The summed E-state index contributed by atoms with van der Waals surface area (Å²) in [7, 11) is 0. The Morgan fingerprint density at radius 3 is 2.58 bits per heavy atom. The average molecular weight is 568 g/mol. The van der Waals surface area contributed by atoms with Gasteiger partial charge in [0.1, 0.15) is 11.3 Å². The fraction of sp³-hybridized carbons (Fsp3) is 0.417. The van der Waals surface area contributed by atoms with Crippen molar-refractivity contribution in [2.45, 2.75) is 48.8 Å². The molecule has 5 rings (SSSR count). The minimum Gasteiger partial charge on any atom is -0.475 e. The number of hydrogen-bond donors (Lipinski definition) is 2. The molecule has 0 radical (unpaired) electrons. The van der Waals surface area contributed by atoms with E-state index in [4.69, 9.17) is 31.5 Å². The maximum Gasteiger partial charge on any atom is 0.490 e. The largest absolute Gasteiger partial charge is 0.490 e. The molecule has 38 heavy (non-hydrogen) atoms. The van der Waals surface area contributed by atoms with Gasteiger partial charge in [-0.3, -0.25) is 4.98 Å². The Kier molecular flexibility index (Phi) is 9.00. The second-order valence-electron chi connectivity index (χ2n) is 8.57. The predicted octanol–water partition coefficient (Wildman–Crippen LogP) is 5.02. The van der Waals surface area contributed by atoms with Crippen LogP contribution in [0, 0.1) is 0 Å². The summed E-state index contributed by atoms with van der Waals surface area (Å²) in [5, 5.41) is 12.2. The van der Waals surface area contributed by atoms with Gasteiger partial charge in [0.2, 0.25) is 0 Å². The number of rotatable bonds is 7. The van der Waals surface area contributed by atoms with Crippen molar-refractivity contribution in [3.05, 3.63) is 41.5 Å². The minimum absolute atomic E-state index is 0.634. The zero-order valence-corrected chi connectivity index (χ0v) is 22.0. The van der Waals surface area contributed by atoms with Crippen LogP contribution in [-0.2, 0) is 11.2 Å². The van der Waals surface area contributed by atoms with Gasteiger partial charge in [0.15, 0.2) is 10.8 Å². The minimum atomic E-state index is -5.08. The van der Waals surface area contributed by atoms with Gasteiger partial charge in [-0.05, 0) is 55.8 Å². The monoisotopic (exact) mass is 567 g/mol. The van der Waals surface area contributed by atoms with E-state index in [2.05, 4.69) is 32.1 Å². The van der Waals surface area contributed by atoms with Crippen molar-refractivity contribution in [2.75, 3.05) is 31.5 Å². The van der Waals surface area contributed by atoms with E-state index >= 15 is 0 Å². The molecule has 3 aromatic heterocycles. The van der Waals surface area contributed by atoms with Crippen molar-refractivity contribution in [3.8, 4) is 0 Å². The molecule has 1 aliphatic heterocycles. The molecule has 9 nitrogen and oxygen atoms in total. The van der Waals surface area contributed by atoms with Crippen molar-refractivity contribution in [3.63, 3.8) is 0 Å². The molecule has 0 amide bonds. The number of nitrogens with zero attached hydrogens (tertiary/aromatic N) is 6.